The number of carbonyl (C=O) groups is 1. The zero-order chi connectivity index (χ0) is 20.7. The van der Waals surface area contributed by atoms with Gasteiger partial charge in [-0.2, -0.15) is 0 Å². The number of hydrogen-bond acceptors (Lipinski definition) is 3. The Hall–Kier alpha value is -3.15. The monoisotopic (exact) mass is 431 g/mol. The maximum absolute atomic E-state index is 12.8. The number of anilines is 1. The van der Waals surface area contributed by atoms with Crippen molar-refractivity contribution in [1.82, 2.24) is 9.55 Å². The van der Waals surface area contributed by atoms with E-state index in [-0.39, 0.29) is 11.9 Å². The molecule has 2 aromatic heterocycles. The SMILES string of the molecule is C[C@@H](c1ccccc1)n1cnc2cc(NC(=O)c3sc4ccccc4c3Cl)ccc21. The predicted molar refractivity (Wildman–Crippen MR) is 125 cm³/mol. The average molecular weight is 432 g/mol. The molecule has 0 saturated carbocycles. The maximum atomic E-state index is 12.8. The number of aromatic nitrogens is 2. The molecule has 5 rings (SSSR count). The van der Waals surface area contributed by atoms with Crippen molar-refractivity contribution in [2.75, 3.05) is 5.32 Å². The van der Waals surface area contributed by atoms with Gasteiger partial charge < -0.3 is 9.88 Å². The smallest absolute Gasteiger partial charge is 0.267 e. The number of nitrogens with zero attached hydrogens (tertiary/aromatic N) is 2. The normalized spacial score (nSPS) is 12.3. The first kappa shape index (κ1) is 18.9. The zero-order valence-corrected chi connectivity index (χ0v) is 17.7. The molecule has 0 fully saturated rings. The largest absolute Gasteiger partial charge is 0.323 e. The van der Waals surface area contributed by atoms with E-state index in [1.807, 2.05) is 67.0 Å². The van der Waals surface area contributed by atoms with Crippen molar-refractivity contribution in [3.8, 4) is 0 Å². The van der Waals surface area contributed by atoms with Crippen molar-refractivity contribution in [2.24, 2.45) is 0 Å². The van der Waals surface area contributed by atoms with Crippen molar-refractivity contribution >= 4 is 55.7 Å². The highest BCUT2D eigenvalue weighted by Crippen LogP contribution is 2.35. The van der Waals surface area contributed by atoms with Gasteiger partial charge >= 0.3 is 0 Å². The average Bonchev–Trinajstić information content (AvgIpc) is 3.35. The topological polar surface area (TPSA) is 46.9 Å². The lowest BCUT2D eigenvalue weighted by Crippen LogP contribution is -2.10. The Morgan fingerprint density at radius 3 is 2.63 bits per heavy atom. The molecule has 1 N–H and O–H groups in total. The van der Waals surface area contributed by atoms with Gasteiger partial charge in [0.2, 0.25) is 0 Å². The number of amides is 1. The standard InChI is InChI=1S/C24H18ClN3OS/c1-15(16-7-3-2-4-8-16)28-14-26-19-13-17(11-12-20(19)28)27-24(29)23-22(25)18-9-5-6-10-21(18)30-23/h2-15H,1H3,(H,27,29)/t15-/m0/s1. The number of fused-ring (bicyclic) bond motifs is 2. The Bertz CT molecular complexity index is 1370. The molecule has 3 aromatic carbocycles. The Morgan fingerprint density at radius 1 is 1.07 bits per heavy atom. The van der Waals surface area contributed by atoms with Gasteiger partial charge in [0.15, 0.2) is 0 Å². The van der Waals surface area contributed by atoms with Crippen LogP contribution < -0.4 is 5.32 Å². The van der Waals surface area contributed by atoms with E-state index in [1.165, 1.54) is 16.9 Å². The van der Waals surface area contributed by atoms with Crippen LogP contribution in [0.25, 0.3) is 21.1 Å². The van der Waals surface area contributed by atoms with Crippen LogP contribution in [-0.2, 0) is 0 Å². The van der Waals surface area contributed by atoms with Crippen molar-refractivity contribution < 1.29 is 4.79 Å². The van der Waals surface area contributed by atoms with E-state index in [4.69, 9.17) is 11.6 Å². The lowest BCUT2D eigenvalue weighted by atomic mass is 10.1. The van der Waals surface area contributed by atoms with Crippen LogP contribution in [0.2, 0.25) is 5.02 Å². The third-order valence-corrected chi connectivity index (χ3v) is 6.95. The number of rotatable bonds is 4. The summed E-state index contributed by atoms with van der Waals surface area (Å²) in [5.41, 5.74) is 3.76. The number of imidazole rings is 1. The second-order valence-electron chi connectivity index (χ2n) is 7.14. The Morgan fingerprint density at radius 2 is 1.83 bits per heavy atom. The summed E-state index contributed by atoms with van der Waals surface area (Å²) in [7, 11) is 0. The molecule has 0 bridgehead atoms. The molecule has 6 heteroatoms. The van der Waals surface area contributed by atoms with E-state index in [9.17, 15) is 4.79 Å². The van der Waals surface area contributed by atoms with Crippen LogP contribution in [0, 0.1) is 0 Å². The molecule has 0 spiro atoms. The molecule has 1 amide bonds. The minimum absolute atomic E-state index is 0.161. The summed E-state index contributed by atoms with van der Waals surface area (Å²) in [4.78, 5) is 17.9. The van der Waals surface area contributed by atoms with Crippen molar-refractivity contribution in [1.29, 1.82) is 0 Å². The fourth-order valence-electron chi connectivity index (χ4n) is 3.66. The molecule has 0 radical (unpaired) electrons. The lowest BCUT2D eigenvalue weighted by Gasteiger charge is -2.15. The number of carbonyl (C=O) groups excluding carboxylic acids is 1. The fraction of sp³-hybridized carbons (Fsp3) is 0.0833. The van der Waals surface area contributed by atoms with Gasteiger partial charge in [-0.25, -0.2) is 4.98 Å². The molecule has 4 nitrogen and oxygen atoms in total. The van der Waals surface area contributed by atoms with Crippen LogP contribution in [0.1, 0.15) is 28.2 Å². The first-order valence-corrected chi connectivity index (χ1v) is 10.8. The van der Waals surface area contributed by atoms with Gasteiger partial charge in [-0.3, -0.25) is 4.79 Å². The van der Waals surface area contributed by atoms with E-state index in [2.05, 4.69) is 33.9 Å². The molecule has 0 aliphatic heterocycles. The van der Waals surface area contributed by atoms with Gasteiger partial charge in [-0.05, 0) is 36.8 Å². The molecule has 0 unspecified atom stereocenters. The van der Waals surface area contributed by atoms with Crippen molar-refractivity contribution in [2.45, 2.75) is 13.0 Å². The molecular weight excluding hydrogens is 414 g/mol. The summed E-state index contributed by atoms with van der Waals surface area (Å²) in [5, 5.41) is 4.36. The second-order valence-corrected chi connectivity index (χ2v) is 8.57. The quantitative estimate of drug-likeness (QED) is 0.341. The summed E-state index contributed by atoms with van der Waals surface area (Å²) >= 11 is 7.84. The number of thiophene rings is 1. The number of benzene rings is 3. The molecular formula is C24H18ClN3OS. The molecule has 0 aliphatic carbocycles. The van der Waals surface area contributed by atoms with Gasteiger partial charge in [0.05, 0.1) is 28.4 Å². The molecule has 2 heterocycles. The predicted octanol–water partition coefficient (Wildman–Crippen LogP) is 6.77. The summed E-state index contributed by atoms with van der Waals surface area (Å²) in [6.07, 6.45) is 1.84. The number of nitrogens with one attached hydrogen (secondary N) is 1. The molecule has 30 heavy (non-hydrogen) atoms. The molecule has 148 valence electrons. The summed E-state index contributed by atoms with van der Waals surface area (Å²) in [6, 6.07) is 24.0. The zero-order valence-electron chi connectivity index (χ0n) is 16.2. The van der Waals surface area contributed by atoms with E-state index in [0.717, 1.165) is 21.1 Å². The van der Waals surface area contributed by atoms with E-state index in [0.29, 0.717) is 15.6 Å². The maximum Gasteiger partial charge on any atom is 0.267 e. The van der Waals surface area contributed by atoms with Crippen LogP contribution >= 0.6 is 22.9 Å². The van der Waals surface area contributed by atoms with E-state index in [1.54, 1.807) is 0 Å². The minimum Gasteiger partial charge on any atom is -0.323 e. The van der Waals surface area contributed by atoms with Crippen molar-refractivity contribution in [3.63, 3.8) is 0 Å². The fourth-order valence-corrected chi connectivity index (χ4v) is 5.07. The van der Waals surface area contributed by atoms with Crippen LogP contribution in [0.5, 0.6) is 0 Å². The first-order valence-electron chi connectivity index (χ1n) is 9.62. The molecule has 1 atom stereocenters. The molecule has 0 saturated heterocycles. The third-order valence-electron chi connectivity index (χ3n) is 5.27. The van der Waals surface area contributed by atoms with Crippen LogP contribution in [0.15, 0.2) is 79.1 Å². The highest BCUT2D eigenvalue weighted by atomic mass is 35.5. The van der Waals surface area contributed by atoms with Crippen molar-refractivity contribution in [3.05, 3.63) is 94.6 Å². The first-order chi connectivity index (χ1) is 14.6. The number of halogens is 1. The van der Waals surface area contributed by atoms with Gasteiger partial charge in [0.1, 0.15) is 4.88 Å². The van der Waals surface area contributed by atoms with Gasteiger partial charge in [0.25, 0.3) is 5.91 Å². The molecule has 0 aliphatic rings. The highest BCUT2D eigenvalue weighted by molar-refractivity contribution is 7.21. The second kappa shape index (κ2) is 7.59. The van der Waals surface area contributed by atoms with Crippen LogP contribution in [-0.4, -0.2) is 15.5 Å². The lowest BCUT2D eigenvalue weighted by molar-refractivity contribution is 0.103. The van der Waals surface area contributed by atoms with Crippen LogP contribution in [0.3, 0.4) is 0 Å². The summed E-state index contributed by atoms with van der Waals surface area (Å²) in [6.45, 7) is 2.15. The van der Waals surface area contributed by atoms with Gasteiger partial charge in [0, 0.05) is 15.8 Å². The van der Waals surface area contributed by atoms with Crippen LogP contribution in [0.4, 0.5) is 5.69 Å². The van der Waals surface area contributed by atoms with Gasteiger partial charge in [-0.1, -0.05) is 60.1 Å². The molecule has 5 aromatic rings. The van der Waals surface area contributed by atoms with E-state index < -0.39 is 0 Å². The minimum atomic E-state index is -0.211. The summed E-state index contributed by atoms with van der Waals surface area (Å²) in [5.74, 6) is -0.211. The Balaban J connectivity index is 1.43. The van der Waals surface area contributed by atoms with E-state index >= 15 is 0 Å². The Kier molecular flexibility index (Phi) is 4.77. The van der Waals surface area contributed by atoms with Gasteiger partial charge in [-0.15, -0.1) is 11.3 Å². The summed E-state index contributed by atoms with van der Waals surface area (Å²) < 4.78 is 3.14. The third kappa shape index (κ3) is 3.26. The highest BCUT2D eigenvalue weighted by Gasteiger charge is 2.18. The number of hydrogen-bond donors (Lipinski definition) is 1. The Labute approximate surface area is 182 Å².